The molecule has 0 spiro atoms. The Bertz CT molecular complexity index is 606. The molecule has 0 aliphatic carbocycles. The van der Waals surface area contributed by atoms with Gasteiger partial charge in [0.15, 0.2) is 0 Å². The summed E-state index contributed by atoms with van der Waals surface area (Å²) in [6, 6.07) is 6.13. The third-order valence-corrected chi connectivity index (χ3v) is 3.83. The van der Waals surface area contributed by atoms with Gasteiger partial charge in [-0.15, -0.1) is 0 Å². The van der Waals surface area contributed by atoms with Crippen molar-refractivity contribution in [2.24, 2.45) is 0 Å². The first-order valence-electron chi connectivity index (χ1n) is 6.55. The molecule has 0 saturated carbocycles. The van der Waals surface area contributed by atoms with Crippen molar-refractivity contribution in [2.75, 3.05) is 13.1 Å². The number of rotatable bonds is 1. The number of nitrogens with zero attached hydrogens (tertiary/aromatic N) is 1. The summed E-state index contributed by atoms with van der Waals surface area (Å²) in [7, 11) is 0. The standard InChI is InChI=1S/C15H18N2O/c1-10-6-5-7-12-13(10)14(11(2)16-12)15(18)17-8-3-4-9-17/h5-7,16H,3-4,8-9H2,1-2H3. The van der Waals surface area contributed by atoms with E-state index >= 15 is 0 Å². The zero-order valence-corrected chi connectivity index (χ0v) is 10.9. The maximum absolute atomic E-state index is 12.6. The number of carbonyl (C=O) groups excluding carboxylic acids is 1. The predicted octanol–water partition coefficient (Wildman–Crippen LogP) is 3.02. The number of carbonyl (C=O) groups is 1. The fourth-order valence-corrected chi connectivity index (χ4v) is 2.90. The Labute approximate surface area is 107 Å². The third kappa shape index (κ3) is 1.62. The molecule has 1 aromatic carbocycles. The molecule has 0 radical (unpaired) electrons. The molecule has 18 heavy (non-hydrogen) atoms. The number of aromatic nitrogens is 1. The fraction of sp³-hybridized carbons (Fsp3) is 0.400. The minimum Gasteiger partial charge on any atom is -0.358 e. The lowest BCUT2D eigenvalue weighted by molar-refractivity contribution is 0.0794. The lowest BCUT2D eigenvalue weighted by Crippen LogP contribution is -2.28. The Hall–Kier alpha value is -1.77. The van der Waals surface area contributed by atoms with Crippen molar-refractivity contribution in [3.05, 3.63) is 35.0 Å². The summed E-state index contributed by atoms with van der Waals surface area (Å²) in [6.45, 7) is 5.85. The van der Waals surface area contributed by atoms with Gasteiger partial charge in [0.25, 0.3) is 5.91 Å². The Morgan fingerprint density at radius 3 is 2.67 bits per heavy atom. The maximum atomic E-state index is 12.6. The Morgan fingerprint density at radius 1 is 1.22 bits per heavy atom. The van der Waals surface area contributed by atoms with Gasteiger partial charge >= 0.3 is 0 Å². The van der Waals surface area contributed by atoms with Gasteiger partial charge in [-0.2, -0.15) is 0 Å². The van der Waals surface area contributed by atoms with Gasteiger partial charge in [-0.05, 0) is 38.3 Å². The molecule has 3 rings (SSSR count). The Morgan fingerprint density at radius 2 is 1.94 bits per heavy atom. The second-order valence-electron chi connectivity index (χ2n) is 5.12. The minimum absolute atomic E-state index is 0.186. The monoisotopic (exact) mass is 242 g/mol. The molecule has 0 unspecified atom stereocenters. The van der Waals surface area contributed by atoms with Gasteiger partial charge in [0, 0.05) is 29.7 Å². The van der Waals surface area contributed by atoms with Crippen LogP contribution in [0.25, 0.3) is 10.9 Å². The molecule has 1 aromatic heterocycles. The molecule has 1 saturated heterocycles. The molecule has 2 aromatic rings. The summed E-state index contributed by atoms with van der Waals surface area (Å²) < 4.78 is 0. The van der Waals surface area contributed by atoms with Crippen LogP contribution in [0.15, 0.2) is 18.2 Å². The number of aromatic amines is 1. The quantitative estimate of drug-likeness (QED) is 0.819. The maximum Gasteiger partial charge on any atom is 0.256 e. The van der Waals surface area contributed by atoms with Crippen LogP contribution >= 0.6 is 0 Å². The molecule has 94 valence electrons. The highest BCUT2D eigenvalue weighted by atomic mass is 16.2. The summed E-state index contributed by atoms with van der Waals surface area (Å²) in [5.41, 5.74) is 4.08. The molecule has 0 bridgehead atoms. The lowest BCUT2D eigenvalue weighted by atomic mass is 10.1. The van der Waals surface area contributed by atoms with E-state index in [1.54, 1.807) is 0 Å². The van der Waals surface area contributed by atoms with Crippen LogP contribution in [0.5, 0.6) is 0 Å². The van der Waals surface area contributed by atoms with E-state index in [0.717, 1.165) is 48.1 Å². The van der Waals surface area contributed by atoms with Crippen molar-refractivity contribution < 1.29 is 4.79 Å². The van der Waals surface area contributed by atoms with E-state index in [1.807, 2.05) is 24.0 Å². The average molecular weight is 242 g/mol. The number of hydrogen-bond acceptors (Lipinski definition) is 1. The SMILES string of the molecule is Cc1[nH]c2cccc(C)c2c1C(=O)N1CCCC1. The Kier molecular flexibility index (Phi) is 2.62. The van der Waals surface area contributed by atoms with Crippen LogP contribution in [-0.2, 0) is 0 Å². The molecule has 1 amide bonds. The molecule has 3 heteroatoms. The molecule has 1 aliphatic rings. The van der Waals surface area contributed by atoms with Gasteiger partial charge in [-0.1, -0.05) is 12.1 Å². The summed E-state index contributed by atoms with van der Waals surface area (Å²) in [6.07, 6.45) is 2.26. The van der Waals surface area contributed by atoms with Crippen LogP contribution in [0, 0.1) is 13.8 Å². The van der Waals surface area contributed by atoms with Crippen molar-refractivity contribution in [1.82, 2.24) is 9.88 Å². The van der Waals surface area contributed by atoms with E-state index in [-0.39, 0.29) is 5.91 Å². The minimum atomic E-state index is 0.186. The van der Waals surface area contributed by atoms with Gasteiger partial charge in [0.2, 0.25) is 0 Å². The summed E-state index contributed by atoms with van der Waals surface area (Å²) in [5, 5.41) is 1.09. The van der Waals surface area contributed by atoms with Gasteiger partial charge in [0.05, 0.1) is 5.56 Å². The first-order chi connectivity index (χ1) is 8.68. The zero-order chi connectivity index (χ0) is 12.7. The molecule has 1 fully saturated rings. The van der Waals surface area contributed by atoms with E-state index in [2.05, 4.69) is 18.0 Å². The number of hydrogen-bond donors (Lipinski definition) is 1. The van der Waals surface area contributed by atoms with Crippen molar-refractivity contribution in [3.8, 4) is 0 Å². The van der Waals surface area contributed by atoms with Gasteiger partial charge < -0.3 is 9.88 Å². The van der Waals surface area contributed by atoms with Crippen molar-refractivity contribution in [3.63, 3.8) is 0 Å². The van der Waals surface area contributed by atoms with Gasteiger partial charge in [-0.25, -0.2) is 0 Å². The highest BCUT2D eigenvalue weighted by Crippen LogP contribution is 2.27. The number of amides is 1. The first kappa shape index (κ1) is 11.3. The zero-order valence-electron chi connectivity index (χ0n) is 10.9. The smallest absolute Gasteiger partial charge is 0.256 e. The second-order valence-corrected chi connectivity index (χ2v) is 5.12. The van der Waals surface area contributed by atoms with Crippen LogP contribution in [0.2, 0.25) is 0 Å². The average Bonchev–Trinajstić information content (AvgIpc) is 2.95. The highest BCUT2D eigenvalue weighted by molar-refractivity contribution is 6.09. The summed E-state index contributed by atoms with van der Waals surface area (Å²) in [5.74, 6) is 0.186. The van der Waals surface area contributed by atoms with Crippen LogP contribution in [-0.4, -0.2) is 28.9 Å². The van der Waals surface area contributed by atoms with Crippen LogP contribution in [0.1, 0.15) is 34.5 Å². The highest BCUT2D eigenvalue weighted by Gasteiger charge is 2.24. The van der Waals surface area contributed by atoms with Crippen molar-refractivity contribution in [2.45, 2.75) is 26.7 Å². The van der Waals surface area contributed by atoms with Crippen molar-refractivity contribution in [1.29, 1.82) is 0 Å². The summed E-state index contributed by atoms with van der Waals surface area (Å²) >= 11 is 0. The Balaban J connectivity index is 2.15. The third-order valence-electron chi connectivity index (χ3n) is 3.83. The van der Waals surface area contributed by atoms with Crippen LogP contribution in [0.3, 0.4) is 0 Å². The summed E-state index contributed by atoms with van der Waals surface area (Å²) in [4.78, 5) is 17.9. The molecule has 0 atom stereocenters. The van der Waals surface area contributed by atoms with Gasteiger partial charge in [-0.3, -0.25) is 4.79 Å². The van der Waals surface area contributed by atoms with Crippen LogP contribution in [0.4, 0.5) is 0 Å². The normalized spacial score (nSPS) is 15.6. The number of fused-ring (bicyclic) bond motifs is 1. The molecule has 3 nitrogen and oxygen atoms in total. The number of nitrogens with one attached hydrogen (secondary N) is 1. The molecule has 1 N–H and O–H groups in total. The van der Waals surface area contributed by atoms with E-state index in [4.69, 9.17) is 0 Å². The number of likely N-dealkylation sites (tertiary alicyclic amines) is 1. The first-order valence-corrected chi connectivity index (χ1v) is 6.55. The van der Waals surface area contributed by atoms with E-state index in [9.17, 15) is 4.79 Å². The molecule has 1 aliphatic heterocycles. The largest absolute Gasteiger partial charge is 0.358 e. The predicted molar refractivity (Wildman–Crippen MR) is 72.9 cm³/mol. The second kappa shape index (κ2) is 4.16. The van der Waals surface area contributed by atoms with Gasteiger partial charge in [0.1, 0.15) is 0 Å². The van der Waals surface area contributed by atoms with E-state index < -0.39 is 0 Å². The fourth-order valence-electron chi connectivity index (χ4n) is 2.90. The number of aryl methyl sites for hydroxylation is 2. The van der Waals surface area contributed by atoms with E-state index in [0.29, 0.717) is 0 Å². The molecular weight excluding hydrogens is 224 g/mol. The van der Waals surface area contributed by atoms with Crippen molar-refractivity contribution >= 4 is 16.8 Å². The molecular formula is C15H18N2O. The molecule has 2 heterocycles. The number of H-pyrrole nitrogens is 1. The topological polar surface area (TPSA) is 36.1 Å². The van der Waals surface area contributed by atoms with Crippen LogP contribution < -0.4 is 0 Å². The van der Waals surface area contributed by atoms with E-state index in [1.165, 1.54) is 5.56 Å². The lowest BCUT2D eigenvalue weighted by Gasteiger charge is -2.15. The number of benzene rings is 1.